The number of rotatable bonds is 2. The molecule has 0 saturated carbocycles. The predicted molar refractivity (Wildman–Crippen MR) is 41.3 cm³/mol. The molecule has 60 valence electrons. The van der Waals surface area contributed by atoms with Crippen LogP contribution in [0.15, 0.2) is 6.20 Å². The number of hydrogen-bond acceptors (Lipinski definition) is 3. The number of primary amides is 1. The van der Waals surface area contributed by atoms with Gasteiger partial charge in [0.1, 0.15) is 5.56 Å². The van der Waals surface area contributed by atoms with Crippen molar-refractivity contribution in [2.75, 3.05) is 12.4 Å². The van der Waals surface area contributed by atoms with Gasteiger partial charge in [-0.2, -0.15) is 5.10 Å². The third-order valence-corrected chi connectivity index (χ3v) is 1.33. The maximum absolute atomic E-state index is 10.7. The number of amides is 1. The van der Waals surface area contributed by atoms with Gasteiger partial charge in [0.15, 0.2) is 5.82 Å². The van der Waals surface area contributed by atoms with Gasteiger partial charge in [-0.05, 0) is 0 Å². The number of nitrogens with one attached hydrogen (secondary N) is 1. The molecule has 11 heavy (non-hydrogen) atoms. The molecule has 0 spiro atoms. The molecule has 0 aliphatic carbocycles. The summed E-state index contributed by atoms with van der Waals surface area (Å²) in [5.41, 5.74) is 5.48. The van der Waals surface area contributed by atoms with Gasteiger partial charge in [0.2, 0.25) is 0 Å². The Morgan fingerprint density at radius 2 is 2.45 bits per heavy atom. The first kappa shape index (κ1) is 7.59. The summed E-state index contributed by atoms with van der Waals surface area (Å²) in [6.45, 7) is 0. The molecule has 0 aliphatic heterocycles. The zero-order valence-corrected chi connectivity index (χ0v) is 6.46. The van der Waals surface area contributed by atoms with Crippen LogP contribution < -0.4 is 11.1 Å². The Kier molecular flexibility index (Phi) is 1.80. The predicted octanol–water partition coefficient (Wildman–Crippen LogP) is -0.439. The number of nitrogens with zero attached hydrogens (tertiary/aromatic N) is 2. The summed E-state index contributed by atoms with van der Waals surface area (Å²) in [6, 6.07) is 0. The fourth-order valence-corrected chi connectivity index (χ4v) is 0.853. The highest BCUT2D eigenvalue weighted by atomic mass is 16.1. The summed E-state index contributed by atoms with van der Waals surface area (Å²) in [5.74, 6) is 0.0439. The second-order valence-electron chi connectivity index (χ2n) is 2.18. The Hall–Kier alpha value is -1.52. The minimum absolute atomic E-state index is 0.412. The van der Waals surface area contributed by atoms with E-state index in [9.17, 15) is 4.79 Å². The summed E-state index contributed by atoms with van der Waals surface area (Å²) in [6.07, 6.45) is 1.58. The monoisotopic (exact) mass is 154 g/mol. The third-order valence-electron chi connectivity index (χ3n) is 1.33. The van der Waals surface area contributed by atoms with Crippen molar-refractivity contribution in [3.63, 3.8) is 0 Å². The average Bonchev–Trinajstić information content (AvgIpc) is 2.30. The van der Waals surface area contributed by atoms with Crippen LogP contribution in [0, 0.1) is 0 Å². The lowest BCUT2D eigenvalue weighted by molar-refractivity contribution is 0.100. The summed E-state index contributed by atoms with van der Waals surface area (Å²) >= 11 is 0. The van der Waals surface area contributed by atoms with Crippen molar-refractivity contribution < 1.29 is 4.79 Å². The van der Waals surface area contributed by atoms with Crippen molar-refractivity contribution >= 4 is 11.7 Å². The van der Waals surface area contributed by atoms with Crippen LogP contribution in [0.5, 0.6) is 0 Å². The largest absolute Gasteiger partial charge is 0.371 e. The molecule has 1 rings (SSSR count). The van der Waals surface area contributed by atoms with E-state index in [-0.39, 0.29) is 0 Å². The lowest BCUT2D eigenvalue weighted by Crippen LogP contribution is -2.11. The number of hydrogen-bond donors (Lipinski definition) is 2. The van der Waals surface area contributed by atoms with Crippen molar-refractivity contribution in [2.45, 2.75) is 0 Å². The molecule has 0 saturated heterocycles. The molecule has 0 aromatic carbocycles. The minimum atomic E-state index is -0.470. The third kappa shape index (κ3) is 1.31. The standard InChI is InChI=1S/C6H10N4O/c1-8-6-4(5(7)11)3-10(2)9-6/h3H,1-2H3,(H2,7,11)(H,8,9). The molecule has 0 atom stereocenters. The van der Waals surface area contributed by atoms with Crippen LogP contribution >= 0.6 is 0 Å². The van der Waals surface area contributed by atoms with Gasteiger partial charge < -0.3 is 11.1 Å². The first-order chi connectivity index (χ1) is 5.15. The molecule has 0 aliphatic rings. The number of nitrogens with two attached hydrogens (primary N) is 1. The molecule has 3 N–H and O–H groups in total. The van der Waals surface area contributed by atoms with Gasteiger partial charge in [-0.1, -0.05) is 0 Å². The number of carbonyl (C=O) groups excluding carboxylic acids is 1. The van der Waals surface area contributed by atoms with Gasteiger partial charge in [-0.25, -0.2) is 0 Å². The average molecular weight is 154 g/mol. The molecule has 0 unspecified atom stereocenters. The number of aryl methyl sites for hydroxylation is 1. The fourth-order valence-electron chi connectivity index (χ4n) is 0.853. The Morgan fingerprint density at radius 3 is 2.82 bits per heavy atom. The van der Waals surface area contributed by atoms with Crippen molar-refractivity contribution in [1.29, 1.82) is 0 Å². The van der Waals surface area contributed by atoms with E-state index in [1.165, 1.54) is 4.68 Å². The van der Waals surface area contributed by atoms with Gasteiger partial charge in [0, 0.05) is 20.3 Å². The summed E-state index contributed by atoms with van der Waals surface area (Å²) in [7, 11) is 3.42. The molecule has 0 fully saturated rings. The van der Waals surface area contributed by atoms with Crippen LogP contribution in [-0.4, -0.2) is 22.7 Å². The molecule has 0 bridgehead atoms. The van der Waals surface area contributed by atoms with E-state index in [1.54, 1.807) is 20.3 Å². The molecule has 0 radical (unpaired) electrons. The van der Waals surface area contributed by atoms with Gasteiger partial charge in [-0.3, -0.25) is 9.48 Å². The van der Waals surface area contributed by atoms with Crippen molar-refractivity contribution in [3.05, 3.63) is 11.8 Å². The van der Waals surface area contributed by atoms with Crippen LogP contribution in [0.1, 0.15) is 10.4 Å². The normalized spacial score (nSPS) is 9.64. The summed E-state index contributed by atoms with van der Waals surface area (Å²) in [4.78, 5) is 10.7. The minimum Gasteiger partial charge on any atom is -0.371 e. The van der Waals surface area contributed by atoms with Gasteiger partial charge in [0.05, 0.1) is 0 Å². The Balaban J connectivity index is 3.12. The van der Waals surface area contributed by atoms with Gasteiger partial charge in [-0.15, -0.1) is 0 Å². The van der Waals surface area contributed by atoms with E-state index in [4.69, 9.17) is 5.73 Å². The smallest absolute Gasteiger partial charge is 0.254 e. The molecule has 1 aromatic rings. The van der Waals surface area contributed by atoms with Crippen LogP contribution in [0.2, 0.25) is 0 Å². The Morgan fingerprint density at radius 1 is 1.82 bits per heavy atom. The quantitative estimate of drug-likeness (QED) is 0.606. The number of anilines is 1. The zero-order chi connectivity index (χ0) is 8.43. The van der Waals surface area contributed by atoms with E-state index < -0.39 is 5.91 Å². The second kappa shape index (κ2) is 2.61. The first-order valence-corrected chi connectivity index (χ1v) is 3.16. The highest BCUT2D eigenvalue weighted by molar-refractivity contribution is 5.97. The first-order valence-electron chi connectivity index (χ1n) is 3.16. The molecular weight excluding hydrogens is 144 g/mol. The zero-order valence-electron chi connectivity index (χ0n) is 6.46. The second-order valence-corrected chi connectivity index (χ2v) is 2.18. The molecule has 1 amide bonds. The van der Waals surface area contributed by atoms with E-state index >= 15 is 0 Å². The Labute approximate surface area is 64.2 Å². The number of carbonyl (C=O) groups is 1. The van der Waals surface area contributed by atoms with Crippen molar-refractivity contribution in [1.82, 2.24) is 9.78 Å². The van der Waals surface area contributed by atoms with Crippen molar-refractivity contribution in [2.24, 2.45) is 12.8 Å². The molecular formula is C6H10N4O. The fraction of sp³-hybridized carbons (Fsp3) is 0.333. The highest BCUT2D eigenvalue weighted by Crippen LogP contribution is 2.09. The van der Waals surface area contributed by atoms with Crippen LogP contribution in [0.4, 0.5) is 5.82 Å². The van der Waals surface area contributed by atoms with Gasteiger partial charge >= 0.3 is 0 Å². The Bertz CT molecular complexity index is 278. The van der Waals surface area contributed by atoms with Crippen LogP contribution in [0.25, 0.3) is 0 Å². The van der Waals surface area contributed by atoms with E-state index in [0.717, 1.165) is 0 Å². The van der Waals surface area contributed by atoms with E-state index in [1.807, 2.05) is 0 Å². The van der Waals surface area contributed by atoms with Crippen LogP contribution in [0.3, 0.4) is 0 Å². The topological polar surface area (TPSA) is 72.9 Å². The summed E-state index contributed by atoms with van der Waals surface area (Å²) < 4.78 is 1.53. The molecule has 1 aromatic heterocycles. The van der Waals surface area contributed by atoms with Crippen LogP contribution in [-0.2, 0) is 7.05 Å². The van der Waals surface area contributed by atoms with E-state index in [2.05, 4.69) is 10.4 Å². The number of aromatic nitrogens is 2. The van der Waals surface area contributed by atoms with E-state index in [0.29, 0.717) is 11.4 Å². The van der Waals surface area contributed by atoms with Crippen molar-refractivity contribution in [3.8, 4) is 0 Å². The molecule has 5 heteroatoms. The maximum Gasteiger partial charge on any atom is 0.254 e. The van der Waals surface area contributed by atoms with Gasteiger partial charge in [0.25, 0.3) is 5.91 Å². The lowest BCUT2D eigenvalue weighted by atomic mass is 10.3. The maximum atomic E-state index is 10.7. The molecule has 1 heterocycles. The molecule has 5 nitrogen and oxygen atoms in total. The summed E-state index contributed by atoms with van der Waals surface area (Å²) in [5, 5.41) is 6.72. The highest BCUT2D eigenvalue weighted by Gasteiger charge is 2.09. The lowest BCUT2D eigenvalue weighted by Gasteiger charge is -1.93. The SMILES string of the molecule is CNc1nn(C)cc1C(N)=O.